The van der Waals surface area contributed by atoms with Crippen molar-refractivity contribution in [3.05, 3.63) is 23.3 Å². The summed E-state index contributed by atoms with van der Waals surface area (Å²) in [6, 6.07) is 2.98. The fraction of sp³-hybridized carbons (Fsp3) is 0.333. The largest absolute Gasteiger partial charge is 0.494 e. The Balaban J connectivity index is 3.29. The molecule has 0 spiro atoms. The van der Waals surface area contributed by atoms with E-state index in [0.29, 0.717) is 5.56 Å². The highest BCUT2D eigenvalue weighted by atomic mass is 19.3. The highest BCUT2D eigenvalue weighted by Crippen LogP contribution is 2.34. The molecule has 72 valence electrons. The van der Waals surface area contributed by atoms with Gasteiger partial charge in [0.1, 0.15) is 0 Å². The number of ether oxygens (including phenoxy) is 1. The summed E-state index contributed by atoms with van der Waals surface area (Å²) in [6.07, 6.45) is -2.56. The average molecular weight is 187 g/mol. The number of nitrogen functional groups attached to an aromatic ring is 1. The minimum Gasteiger partial charge on any atom is -0.494 e. The highest BCUT2D eigenvalue weighted by Gasteiger charge is 2.16. The zero-order valence-corrected chi connectivity index (χ0v) is 7.47. The minimum atomic E-state index is -2.56. The number of methoxy groups -OCH3 is 1. The summed E-state index contributed by atoms with van der Waals surface area (Å²) in [7, 11) is 1.33. The Bertz CT molecular complexity index is 313. The molecule has 0 bridgehead atoms. The summed E-state index contributed by atoms with van der Waals surface area (Å²) in [6.45, 7) is 1.71. The van der Waals surface area contributed by atoms with E-state index in [-0.39, 0.29) is 17.0 Å². The van der Waals surface area contributed by atoms with Gasteiger partial charge in [0.15, 0.2) is 5.75 Å². The van der Waals surface area contributed by atoms with Gasteiger partial charge in [-0.1, -0.05) is 0 Å². The van der Waals surface area contributed by atoms with Crippen molar-refractivity contribution >= 4 is 5.69 Å². The molecule has 2 N–H and O–H groups in total. The van der Waals surface area contributed by atoms with Crippen molar-refractivity contribution in [2.24, 2.45) is 0 Å². The summed E-state index contributed by atoms with van der Waals surface area (Å²) in [4.78, 5) is 0. The predicted molar refractivity (Wildman–Crippen MR) is 47.1 cm³/mol. The maximum atomic E-state index is 12.4. The molecule has 0 aromatic heterocycles. The third-order valence-electron chi connectivity index (χ3n) is 1.73. The molecule has 1 rings (SSSR count). The molecule has 0 aliphatic carbocycles. The van der Waals surface area contributed by atoms with Gasteiger partial charge in [-0.15, -0.1) is 0 Å². The third-order valence-corrected chi connectivity index (χ3v) is 1.73. The number of anilines is 1. The Morgan fingerprint density at radius 1 is 1.38 bits per heavy atom. The summed E-state index contributed by atoms with van der Waals surface area (Å²) in [5.41, 5.74) is 6.31. The maximum absolute atomic E-state index is 12.4. The molecule has 0 unspecified atom stereocenters. The molecular weight excluding hydrogens is 176 g/mol. The Kier molecular flexibility index (Phi) is 2.70. The first kappa shape index (κ1) is 9.77. The van der Waals surface area contributed by atoms with E-state index in [1.807, 2.05) is 0 Å². The molecule has 2 nitrogen and oxygen atoms in total. The summed E-state index contributed by atoms with van der Waals surface area (Å²) in [5, 5.41) is 0. The van der Waals surface area contributed by atoms with Gasteiger partial charge in [0, 0.05) is 0 Å². The zero-order valence-electron chi connectivity index (χ0n) is 7.47. The lowest BCUT2D eigenvalue weighted by Crippen LogP contribution is -1.98. The van der Waals surface area contributed by atoms with Crippen LogP contribution < -0.4 is 10.5 Å². The maximum Gasteiger partial charge on any atom is 0.267 e. The van der Waals surface area contributed by atoms with Crippen molar-refractivity contribution in [1.29, 1.82) is 0 Å². The van der Waals surface area contributed by atoms with Crippen molar-refractivity contribution < 1.29 is 13.5 Å². The highest BCUT2D eigenvalue weighted by molar-refractivity contribution is 5.59. The fourth-order valence-electron chi connectivity index (χ4n) is 1.23. The lowest BCUT2D eigenvalue weighted by molar-refractivity contribution is 0.147. The molecule has 0 atom stereocenters. The molecule has 0 heterocycles. The van der Waals surface area contributed by atoms with Crippen LogP contribution in [0.15, 0.2) is 12.1 Å². The molecule has 0 aliphatic heterocycles. The van der Waals surface area contributed by atoms with Crippen LogP contribution in [-0.2, 0) is 0 Å². The SMILES string of the molecule is COc1c(N)cc(C)cc1C(F)F. The monoisotopic (exact) mass is 187 g/mol. The predicted octanol–water partition coefficient (Wildman–Crippen LogP) is 2.52. The fourth-order valence-corrected chi connectivity index (χ4v) is 1.23. The summed E-state index contributed by atoms with van der Waals surface area (Å²) >= 11 is 0. The minimum absolute atomic E-state index is 0.0700. The van der Waals surface area contributed by atoms with Gasteiger partial charge in [0.25, 0.3) is 6.43 Å². The second kappa shape index (κ2) is 3.60. The van der Waals surface area contributed by atoms with Gasteiger partial charge in [-0.25, -0.2) is 8.78 Å². The van der Waals surface area contributed by atoms with Crippen LogP contribution in [-0.4, -0.2) is 7.11 Å². The van der Waals surface area contributed by atoms with E-state index in [9.17, 15) is 8.78 Å². The Labute approximate surface area is 75.3 Å². The number of rotatable bonds is 2. The van der Waals surface area contributed by atoms with Crippen LogP contribution in [0, 0.1) is 6.92 Å². The van der Waals surface area contributed by atoms with Crippen molar-refractivity contribution in [3.8, 4) is 5.75 Å². The van der Waals surface area contributed by atoms with E-state index in [4.69, 9.17) is 10.5 Å². The second-order valence-corrected chi connectivity index (χ2v) is 2.78. The second-order valence-electron chi connectivity index (χ2n) is 2.78. The van der Waals surface area contributed by atoms with Crippen LogP contribution >= 0.6 is 0 Å². The first-order valence-corrected chi connectivity index (χ1v) is 3.78. The number of halogens is 2. The van der Waals surface area contributed by atoms with E-state index >= 15 is 0 Å². The first-order valence-electron chi connectivity index (χ1n) is 3.78. The molecule has 0 saturated carbocycles. The summed E-state index contributed by atoms with van der Waals surface area (Å²) < 4.78 is 29.7. The molecule has 0 fully saturated rings. The molecule has 1 aromatic carbocycles. The molecule has 13 heavy (non-hydrogen) atoms. The van der Waals surface area contributed by atoms with Gasteiger partial charge in [0.05, 0.1) is 18.4 Å². The van der Waals surface area contributed by atoms with E-state index in [0.717, 1.165) is 0 Å². The molecule has 4 heteroatoms. The van der Waals surface area contributed by atoms with Gasteiger partial charge in [-0.05, 0) is 24.6 Å². The lowest BCUT2D eigenvalue weighted by Gasteiger charge is -2.11. The van der Waals surface area contributed by atoms with Gasteiger partial charge in [-0.2, -0.15) is 0 Å². The van der Waals surface area contributed by atoms with Gasteiger partial charge in [0.2, 0.25) is 0 Å². The van der Waals surface area contributed by atoms with Gasteiger partial charge >= 0.3 is 0 Å². The zero-order chi connectivity index (χ0) is 10.0. The first-order chi connectivity index (χ1) is 6.06. The van der Waals surface area contributed by atoms with E-state index in [2.05, 4.69) is 0 Å². The Morgan fingerprint density at radius 2 is 2.00 bits per heavy atom. The lowest BCUT2D eigenvalue weighted by atomic mass is 10.1. The van der Waals surface area contributed by atoms with Crippen LogP contribution in [0.1, 0.15) is 17.6 Å². The quantitative estimate of drug-likeness (QED) is 0.722. The Morgan fingerprint density at radius 3 is 2.46 bits per heavy atom. The molecule has 0 amide bonds. The number of benzene rings is 1. The van der Waals surface area contributed by atoms with Gasteiger partial charge < -0.3 is 10.5 Å². The molecule has 0 saturated heterocycles. The number of nitrogens with two attached hydrogens (primary N) is 1. The van der Waals surface area contributed by atoms with Crippen molar-refractivity contribution in [3.63, 3.8) is 0 Å². The average Bonchev–Trinajstić information content (AvgIpc) is 2.02. The number of aryl methyl sites for hydroxylation is 1. The normalized spacial score (nSPS) is 10.5. The van der Waals surface area contributed by atoms with Crippen molar-refractivity contribution in [2.75, 3.05) is 12.8 Å². The third kappa shape index (κ3) is 1.88. The molecule has 0 radical (unpaired) electrons. The molecular formula is C9H11F2NO. The van der Waals surface area contributed by atoms with E-state index in [1.54, 1.807) is 13.0 Å². The van der Waals surface area contributed by atoms with Gasteiger partial charge in [-0.3, -0.25) is 0 Å². The van der Waals surface area contributed by atoms with Crippen molar-refractivity contribution in [2.45, 2.75) is 13.3 Å². The van der Waals surface area contributed by atoms with E-state index in [1.165, 1.54) is 13.2 Å². The van der Waals surface area contributed by atoms with Crippen LogP contribution in [0.4, 0.5) is 14.5 Å². The number of alkyl halides is 2. The molecule has 1 aromatic rings. The molecule has 0 aliphatic rings. The summed E-state index contributed by atoms with van der Waals surface area (Å²) in [5.74, 6) is 0.0700. The standard InChI is InChI=1S/C9H11F2NO/c1-5-3-6(9(10)11)8(13-2)7(12)4-5/h3-4,9H,12H2,1-2H3. The van der Waals surface area contributed by atoms with Crippen molar-refractivity contribution in [1.82, 2.24) is 0 Å². The Hall–Kier alpha value is -1.32. The van der Waals surface area contributed by atoms with Crippen LogP contribution in [0.25, 0.3) is 0 Å². The topological polar surface area (TPSA) is 35.2 Å². The van der Waals surface area contributed by atoms with Crippen LogP contribution in [0.3, 0.4) is 0 Å². The van der Waals surface area contributed by atoms with Crippen LogP contribution in [0.2, 0.25) is 0 Å². The van der Waals surface area contributed by atoms with Crippen LogP contribution in [0.5, 0.6) is 5.75 Å². The smallest absolute Gasteiger partial charge is 0.267 e. The van der Waals surface area contributed by atoms with E-state index < -0.39 is 6.43 Å². The number of hydrogen-bond acceptors (Lipinski definition) is 2. The number of hydrogen-bond donors (Lipinski definition) is 1.